The highest BCUT2D eigenvalue weighted by Crippen LogP contribution is 2.36. The number of nitrogens with two attached hydrogens (primary N) is 1. The van der Waals surface area contributed by atoms with E-state index in [1.165, 1.54) is 0 Å². The molecular formula is C18H25ClN4O. The largest absolute Gasteiger partial charge is 0.382 e. The highest BCUT2D eigenvalue weighted by molar-refractivity contribution is 6.06. The van der Waals surface area contributed by atoms with E-state index in [-0.39, 0.29) is 23.9 Å². The molecule has 0 aliphatic carbocycles. The van der Waals surface area contributed by atoms with Crippen LogP contribution in [0.15, 0.2) is 30.6 Å². The molecule has 5 nitrogen and oxygen atoms in total. The number of nitrogen functional groups attached to an aromatic ring is 1. The number of ether oxygens (including phenoxy) is 1. The van der Waals surface area contributed by atoms with Crippen molar-refractivity contribution < 1.29 is 4.74 Å². The second-order valence-electron chi connectivity index (χ2n) is 6.90. The van der Waals surface area contributed by atoms with Gasteiger partial charge in [-0.1, -0.05) is 39.0 Å². The Labute approximate surface area is 148 Å². The zero-order valence-corrected chi connectivity index (χ0v) is 15.4. The van der Waals surface area contributed by atoms with Crippen molar-refractivity contribution in [3.8, 4) is 0 Å². The Bertz CT molecular complexity index is 838. The molecule has 24 heavy (non-hydrogen) atoms. The van der Waals surface area contributed by atoms with E-state index in [1.54, 1.807) is 0 Å². The summed E-state index contributed by atoms with van der Waals surface area (Å²) < 4.78 is 7.94. The van der Waals surface area contributed by atoms with Gasteiger partial charge in [0.25, 0.3) is 0 Å². The van der Waals surface area contributed by atoms with Crippen LogP contribution < -0.4 is 5.73 Å². The fraction of sp³-hybridized carbons (Fsp3) is 0.444. The van der Waals surface area contributed by atoms with Crippen molar-refractivity contribution in [1.29, 1.82) is 0 Å². The summed E-state index contributed by atoms with van der Waals surface area (Å²) in [4.78, 5) is 9.00. The maximum Gasteiger partial charge on any atom is 0.152 e. The first kappa shape index (κ1) is 18.5. The van der Waals surface area contributed by atoms with Crippen LogP contribution in [0.25, 0.3) is 21.9 Å². The molecule has 1 unspecified atom stereocenters. The van der Waals surface area contributed by atoms with Gasteiger partial charge < -0.3 is 15.0 Å². The molecule has 0 bridgehead atoms. The van der Waals surface area contributed by atoms with Gasteiger partial charge in [-0.05, 0) is 18.4 Å². The van der Waals surface area contributed by atoms with Gasteiger partial charge >= 0.3 is 0 Å². The number of benzene rings is 1. The molecule has 0 radical (unpaired) electrons. The van der Waals surface area contributed by atoms with E-state index in [4.69, 9.17) is 10.5 Å². The topological polar surface area (TPSA) is 66.0 Å². The summed E-state index contributed by atoms with van der Waals surface area (Å²) >= 11 is 0. The minimum Gasteiger partial charge on any atom is -0.382 e. The molecule has 0 spiro atoms. The van der Waals surface area contributed by atoms with E-state index in [9.17, 15) is 0 Å². The Balaban J connectivity index is 0.00000208. The Kier molecular flexibility index (Phi) is 5.35. The predicted octanol–water partition coefficient (Wildman–Crippen LogP) is 4.21. The normalized spacial score (nSPS) is 13.2. The van der Waals surface area contributed by atoms with Crippen molar-refractivity contribution in [2.45, 2.75) is 33.7 Å². The zero-order valence-electron chi connectivity index (χ0n) is 14.6. The first-order chi connectivity index (χ1) is 10.9. The van der Waals surface area contributed by atoms with Crippen molar-refractivity contribution in [3.05, 3.63) is 30.6 Å². The molecule has 0 amide bonds. The van der Waals surface area contributed by atoms with Gasteiger partial charge in [0.2, 0.25) is 0 Å². The molecule has 1 atom stereocenters. The molecule has 0 aliphatic rings. The lowest BCUT2D eigenvalue weighted by Gasteiger charge is -2.32. The van der Waals surface area contributed by atoms with Crippen LogP contribution in [0.1, 0.15) is 33.7 Å². The standard InChI is InChI=1S/C18H24N4O.ClH/c1-5-23-10-14(18(2,3)4)22-11-20-15-16(22)12-8-6-7-9-13(12)21-17(15)19;/h6-9,11,14H,5,10H2,1-4H3,(H2,19,21);1H. The third-order valence-corrected chi connectivity index (χ3v) is 4.25. The van der Waals surface area contributed by atoms with Crippen LogP contribution in [0.2, 0.25) is 0 Å². The average molecular weight is 349 g/mol. The van der Waals surface area contributed by atoms with Crippen molar-refractivity contribution in [3.63, 3.8) is 0 Å². The van der Waals surface area contributed by atoms with Crippen molar-refractivity contribution in [1.82, 2.24) is 14.5 Å². The Morgan fingerprint density at radius 2 is 1.96 bits per heavy atom. The first-order valence-electron chi connectivity index (χ1n) is 8.02. The van der Waals surface area contributed by atoms with Crippen molar-refractivity contribution in [2.24, 2.45) is 5.41 Å². The smallest absolute Gasteiger partial charge is 0.152 e. The maximum absolute atomic E-state index is 6.13. The summed E-state index contributed by atoms with van der Waals surface area (Å²) in [5.41, 5.74) is 8.84. The summed E-state index contributed by atoms with van der Waals surface area (Å²) in [6.45, 7) is 10.0. The monoisotopic (exact) mass is 348 g/mol. The quantitative estimate of drug-likeness (QED) is 0.766. The summed E-state index contributed by atoms with van der Waals surface area (Å²) in [7, 11) is 0. The summed E-state index contributed by atoms with van der Waals surface area (Å²) in [5, 5.41) is 1.07. The molecule has 2 N–H and O–H groups in total. The van der Waals surface area contributed by atoms with E-state index < -0.39 is 0 Å². The number of para-hydroxylation sites is 1. The van der Waals surface area contributed by atoms with E-state index in [2.05, 4.69) is 41.4 Å². The lowest BCUT2D eigenvalue weighted by Crippen LogP contribution is -2.28. The molecule has 0 saturated heterocycles. The first-order valence-corrected chi connectivity index (χ1v) is 8.02. The molecule has 1 aromatic carbocycles. The fourth-order valence-electron chi connectivity index (χ4n) is 2.98. The number of pyridine rings is 1. The number of rotatable bonds is 4. The van der Waals surface area contributed by atoms with Gasteiger partial charge in [0.05, 0.1) is 30.0 Å². The lowest BCUT2D eigenvalue weighted by molar-refractivity contribution is 0.0702. The highest BCUT2D eigenvalue weighted by Gasteiger charge is 2.28. The van der Waals surface area contributed by atoms with Gasteiger partial charge in [-0.15, -0.1) is 12.4 Å². The number of aromatic nitrogens is 3. The minimum atomic E-state index is 0. The van der Waals surface area contributed by atoms with Crippen LogP contribution in [-0.4, -0.2) is 27.7 Å². The molecule has 0 aliphatic heterocycles. The minimum absolute atomic E-state index is 0. The molecule has 6 heteroatoms. The van der Waals surface area contributed by atoms with Crippen molar-refractivity contribution in [2.75, 3.05) is 18.9 Å². The summed E-state index contributed by atoms with van der Waals surface area (Å²) in [5.74, 6) is 0.474. The number of halogens is 1. The Hall–Kier alpha value is -1.85. The maximum atomic E-state index is 6.13. The molecule has 3 aromatic rings. The molecule has 2 aromatic heterocycles. The van der Waals surface area contributed by atoms with Crippen molar-refractivity contribution >= 4 is 40.2 Å². The van der Waals surface area contributed by atoms with Gasteiger partial charge in [0, 0.05) is 12.0 Å². The van der Waals surface area contributed by atoms with Gasteiger partial charge in [-0.2, -0.15) is 0 Å². The highest BCUT2D eigenvalue weighted by atomic mass is 35.5. The van der Waals surface area contributed by atoms with Gasteiger partial charge in [0.1, 0.15) is 5.52 Å². The van der Waals surface area contributed by atoms with Gasteiger partial charge in [0.15, 0.2) is 5.82 Å². The summed E-state index contributed by atoms with van der Waals surface area (Å²) in [6, 6.07) is 8.21. The zero-order chi connectivity index (χ0) is 16.6. The molecule has 2 heterocycles. The lowest BCUT2D eigenvalue weighted by atomic mass is 9.87. The van der Waals surface area contributed by atoms with Gasteiger partial charge in [-0.25, -0.2) is 9.97 Å². The van der Waals surface area contributed by atoms with Crippen LogP contribution in [0.5, 0.6) is 0 Å². The number of hydrogen-bond acceptors (Lipinski definition) is 4. The third-order valence-electron chi connectivity index (χ3n) is 4.25. The fourth-order valence-corrected chi connectivity index (χ4v) is 2.98. The predicted molar refractivity (Wildman–Crippen MR) is 102 cm³/mol. The second kappa shape index (κ2) is 6.95. The third kappa shape index (κ3) is 3.19. The molecule has 130 valence electrons. The molecule has 3 rings (SSSR count). The van der Waals surface area contributed by atoms with Crippen LogP contribution in [0.4, 0.5) is 5.82 Å². The second-order valence-corrected chi connectivity index (χ2v) is 6.90. The number of fused-ring (bicyclic) bond motifs is 3. The van der Waals surface area contributed by atoms with E-state index >= 15 is 0 Å². The molecular weight excluding hydrogens is 324 g/mol. The van der Waals surface area contributed by atoms with Crippen LogP contribution in [0.3, 0.4) is 0 Å². The van der Waals surface area contributed by atoms with E-state index in [0.717, 1.165) is 21.9 Å². The van der Waals surface area contributed by atoms with E-state index in [0.29, 0.717) is 19.0 Å². The van der Waals surface area contributed by atoms with Crippen LogP contribution >= 0.6 is 12.4 Å². The van der Waals surface area contributed by atoms with E-state index in [1.807, 2.05) is 31.5 Å². The SMILES string of the molecule is CCOCC(n1cnc2c(N)nc3ccccc3c21)C(C)(C)C.Cl. The Morgan fingerprint density at radius 3 is 2.62 bits per heavy atom. The Morgan fingerprint density at radius 1 is 1.25 bits per heavy atom. The van der Waals surface area contributed by atoms with Crippen LogP contribution in [-0.2, 0) is 4.74 Å². The van der Waals surface area contributed by atoms with Crippen LogP contribution in [0, 0.1) is 5.41 Å². The number of nitrogens with zero attached hydrogens (tertiary/aromatic N) is 3. The number of hydrogen-bond donors (Lipinski definition) is 1. The number of imidazole rings is 1. The molecule has 0 fully saturated rings. The number of anilines is 1. The summed E-state index contributed by atoms with van der Waals surface area (Å²) in [6.07, 6.45) is 1.87. The molecule has 0 saturated carbocycles. The average Bonchev–Trinajstić information content (AvgIpc) is 2.92. The van der Waals surface area contributed by atoms with Gasteiger partial charge in [-0.3, -0.25) is 0 Å².